The number of halogens is 3. The van der Waals surface area contributed by atoms with Gasteiger partial charge in [-0.15, -0.1) is 0 Å². The minimum atomic E-state index is -1.92. The van der Waals surface area contributed by atoms with Crippen molar-refractivity contribution < 1.29 is 14.3 Å². The lowest BCUT2D eigenvalue weighted by Gasteiger charge is -2.28. The van der Waals surface area contributed by atoms with Crippen LogP contribution < -0.4 is 26.0 Å². The van der Waals surface area contributed by atoms with E-state index in [9.17, 15) is 9.59 Å². The molecule has 0 aliphatic rings. The number of hydrogen-bond acceptors (Lipinski definition) is 4. The maximum absolute atomic E-state index is 12.7. The molecular formula is C19H19Cl3N4O3S. The van der Waals surface area contributed by atoms with Gasteiger partial charge in [-0.1, -0.05) is 53.0 Å². The van der Waals surface area contributed by atoms with Crippen molar-refractivity contribution in [3.05, 3.63) is 54.1 Å². The van der Waals surface area contributed by atoms with Gasteiger partial charge in [0.2, 0.25) is 9.70 Å². The van der Waals surface area contributed by atoms with Crippen molar-refractivity contribution in [2.75, 3.05) is 17.7 Å². The second-order valence-corrected chi connectivity index (χ2v) is 8.79. The number of alkyl halides is 3. The maximum atomic E-state index is 12.7. The fourth-order valence-corrected chi connectivity index (χ4v) is 2.98. The van der Waals surface area contributed by atoms with E-state index < -0.39 is 15.9 Å². The van der Waals surface area contributed by atoms with Gasteiger partial charge in [-0.05, 0) is 42.5 Å². The number of thiocarbonyl (C=S) groups is 1. The monoisotopic (exact) mass is 488 g/mol. The molecule has 0 spiro atoms. The number of nitrogens with one attached hydrogen (secondary N) is 4. The largest absolute Gasteiger partial charge is 0.496 e. The maximum Gasteiger partial charge on any atom is 0.256 e. The molecule has 30 heavy (non-hydrogen) atoms. The first kappa shape index (κ1) is 24.0. The predicted molar refractivity (Wildman–Crippen MR) is 125 cm³/mol. The van der Waals surface area contributed by atoms with E-state index in [1.165, 1.54) is 14.0 Å². The highest BCUT2D eigenvalue weighted by atomic mass is 35.6. The molecule has 7 nitrogen and oxygen atoms in total. The molecule has 0 aliphatic carbocycles. The number of para-hydroxylation sites is 1. The number of rotatable bonds is 6. The third-order valence-electron chi connectivity index (χ3n) is 3.67. The van der Waals surface area contributed by atoms with Gasteiger partial charge in [0, 0.05) is 18.3 Å². The van der Waals surface area contributed by atoms with Gasteiger partial charge in [-0.25, -0.2) is 0 Å². The molecule has 0 aromatic heterocycles. The smallest absolute Gasteiger partial charge is 0.256 e. The summed E-state index contributed by atoms with van der Waals surface area (Å²) in [6.07, 6.45) is -1.15. The van der Waals surface area contributed by atoms with Crippen LogP contribution in [0.1, 0.15) is 17.3 Å². The van der Waals surface area contributed by atoms with Gasteiger partial charge >= 0.3 is 0 Å². The molecule has 1 atom stereocenters. The number of carbonyl (C=O) groups is 2. The van der Waals surface area contributed by atoms with Crippen LogP contribution in [0.4, 0.5) is 11.4 Å². The minimum Gasteiger partial charge on any atom is -0.496 e. The third-order valence-corrected chi connectivity index (χ3v) is 4.55. The molecule has 11 heteroatoms. The number of hydrogen-bond donors (Lipinski definition) is 4. The van der Waals surface area contributed by atoms with Crippen LogP contribution in [0.3, 0.4) is 0 Å². The SMILES string of the molecule is COc1ccccc1C(=O)NC(NC(=S)Nc1cccc(NC(C)=O)c1)C(Cl)(Cl)Cl. The van der Waals surface area contributed by atoms with E-state index in [0.29, 0.717) is 17.1 Å². The molecule has 0 bridgehead atoms. The average molecular weight is 490 g/mol. The zero-order valence-electron chi connectivity index (χ0n) is 16.0. The summed E-state index contributed by atoms with van der Waals surface area (Å²) in [6.45, 7) is 1.41. The molecule has 0 fully saturated rings. The molecule has 4 N–H and O–H groups in total. The van der Waals surface area contributed by atoms with E-state index in [-0.39, 0.29) is 16.6 Å². The lowest BCUT2D eigenvalue weighted by molar-refractivity contribution is -0.114. The summed E-state index contributed by atoms with van der Waals surface area (Å²) in [7, 11) is 1.45. The van der Waals surface area contributed by atoms with Gasteiger partial charge in [-0.3, -0.25) is 9.59 Å². The Labute approximate surface area is 194 Å². The normalized spacial score (nSPS) is 11.8. The van der Waals surface area contributed by atoms with E-state index >= 15 is 0 Å². The lowest BCUT2D eigenvalue weighted by Crippen LogP contribution is -2.56. The summed E-state index contributed by atoms with van der Waals surface area (Å²) in [5, 5.41) is 11.0. The van der Waals surface area contributed by atoms with Gasteiger partial charge in [0.05, 0.1) is 12.7 Å². The molecule has 0 radical (unpaired) electrons. The first-order valence-electron chi connectivity index (χ1n) is 8.56. The van der Waals surface area contributed by atoms with Crippen molar-refractivity contribution in [2.24, 2.45) is 0 Å². The Morgan fingerprint density at radius 1 is 1.00 bits per heavy atom. The molecule has 2 aromatic rings. The highest BCUT2D eigenvalue weighted by Gasteiger charge is 2.35. The summed E-state index contributed by atoms with van der Waals surface area (Å²) < 4.78 is 3.27. The van der Waals surface area contributed by atoms with Crippen LogP contribution in [-0.4, -0.2) is 34.0 Å². The minimum absolute atomic E-state index is 0.0895. The fraction of sp³-hybridized carbons (Fsp3) is 0.211. The van der Waals surface area contributed by atoms with Gasteiger partial charge in [0.25, 0.3) is 5.91 Å². The molecular weight excluding hydrogens is 471 g/mol. The number of ether oxygens (including phenoxy) is 1. The van der Waals surface area contributed by atoms with Crippen LogP contribution in [-0.2, 0) is 4.79 Å². The van der Waals surface area contributed by atoms with Gasteiger partial charge in [0.15, 0.2) is 5.11 Å². The number of anilines is 2. The topological polar surface area (TPSA) is 91.5 Å². The molecule has 1 unspecified atom stereocenters. The average Bonchev–Trinajstić information content (AvgIpc) is 2.66. The van der Waals surface area contributed by atoms with Crippen molar-refractivity contribution >= 4 is 75.3 Å². The fourth-order valence-electron chi connectivity index (χ4n) is 2.42. The number of amides is 2. The highest BCUT2D eigenvalue weighted by molar-refractivity contribution is 7.80. The summed E-state index contributed by atoms with van der Waals surface area (Å²) in [5.74, 6) is -0.358. The molecule has 2 amide bonds. The van der Waals surface area contributed by atoms with Crippen LogP contribution in [0.2, 0.25) is 0 Å². The standard InChI is InChI=1S/C19H19Cl3N4O3S/c1-11(27)23-12-6-5-7-13(10-12)24-18(30)26-17(19(20,21)22)25-16(28)14-8-3-4-9-15(14)29-2/h3-10,17H,1-2H3,(H,23,27)(H,25,28)(H2,24,26,30). The van der Waals surface area contributed by atoms with Crippen LogP contribution in [0, 0.1) is 0 Å². The van der Waals surface area contributed by atoms with E-state index in [2.05, 4.69) is 21.3 Å². The molecule has 160 valence electrons. The summed E-state index contributed by atoms with van der Waals surface area (Å²) in [5.41, 5.74) is 1.43. The molecule has 0 aliphatic heterocycles. The predicted octanol–water partition coefficient (Wildman–Crippen LogP) is 4.07. The van der Waals surface area contributed by atoms with Gasteiger partial charge in [0.1, 0.15) is 11.9 Å². The Bertz CT molecular complexity index is 937. The van der Waals surface area contributed by atoms with E-state index in [1.807, 2.05) is 0 Å². The van der Waals surface area contributed by atoms with Crippen molar-refractivity contribution in [3.8, 4) is 5.75 Å². The van der Waals surface area contributed by atoms with E-state index in [4.69, 9.17) is 51.8 Å². The molecule has 0 saturated heterocycles. The third kappa shape index (κ3) is 7.21. The molecule has 2 aromatic carbocycles. The second-order valence-electron chi connectivity index (χ2n) is 6.01. The zero-order chi connectivity index (χ0) is 22.3. The van der Waals surface area contributed by atoms with Gasteiger partial charge in [-0.2, -0.15) is 0 Å². The van der Waals surface area contributed by atoms with Crippen molar-refractivity contribution in [1.82, 2.24) is 10.6 Å². The van der Waals surface area contributed by atoms with E-state index in [1.54, 1.807) is 48.5 Å². The van der Waals surface area contributed by atoms with Crippen LogP contribution in [0.25, 0.3) is 0 Å². The molecule has 0 saturated carbocycles. The van der Waals surface area contributed by atoms with Crippen molar-refractivity contribution in [3.63, 3.8) is 0 Å². The number of carbonyl (C=O) groups excluding carboxylic acids is 2. The first-order chi connectivity index (χ1) is 14.1. The van der Waals surface area contributed by atoms with Crippen LogP contribution in [0.15, 0.2) is 48.5 Å². The lowest BCUT2D eigenvalue weighted by atomic mass is 10.2. The Balaban J connectivity index is 2.10. The van der Waals surface area contributed by atoms with Gasteiger partial charge < -0.3 is 26.0 Å². The van der Waals surface area contributed by atoms with E-state index in [0.717, 1.165) is 0 Å². The van der Waals surface area contributed by atoms with Crippen LogP contribution >= 0.6 is 47.0 Å². The zero-order valence-corrected chi connectivity index (χ0v) is 19.0. The number of benzene rings is 2. The highest BCUT2D eigenvalue weighted by Crippen LogP contribution is 2.30. The Kier molecular flexibility index (Phi) is 8.54. The Hall–Kier alpha value is -2.26. The molecule has 0 heterocycles. The van der Waals surface area contributed by atoms with Crippen molar-refractivity contribution in [1.29, 1.82) is 0 Å². The summed E-state index contributed by atoms with van der Waals surface area (Å²) in [6, 6.07) is 13.5. The quantitative estimate of drug-likeness (QED) is 0.278. The molecule has 2 rings (SSSR count). The summed E-state index contributed by atoms with van der Waals surface area (Å²) in [4.78, 5) is 23.9. The Morgan fingerprint density at radius 3 is 2.23 bits per heavy atom. The van der Waals surface area contributed by atoms with Crippen molar-refractivity contribution in [2.45, 2.75) is 16.9 Å². The Morgan fingerprint density at radius 2 is 1.63 bits per heavy atom. The van der Waals surface area contributed by atoms with Crippen LogP contribution in [0.5, 0.6) is 5.75 Å². The first-order valence-corrected chi connectivity index (χ1v) is 10.1. The second kappa shape index (κ2) is 10.7. The number of methoxy groups -OCH3 is 1. The summed E-state index contributed by atoms with van der Waals surface area (Å²) >= 11 is 23.3.